The van der Waals surface area contributed by atoms with Crippen molar-refractivity contribution in [2.24, 2.45) is 4.99 Å². The van der Waals surface area contributed by atoms with Crippen molar-refractivity contribution in [3.8, 4) is 0 Å². The first-order chi connectivity index (χ1) is 12.0. The van der Waals surface area contributed by atoms with Crippen molar-refractivity contribution in [1.82, 2.24) is 10.3 Å². The Hall–Kier alpha value is -1.77. The SMILES string of the molecule is COC(=O)C1=C(CBr)NC(c2nccs2)=N[C@H]1c1ccc(Cl)c(F)c1. The second-order valence-corrected chi connectivity index (χ2v) is 6.90. The number of ether oxygens (including phenoxy) is 1. The molecular weight excluding hydrogens is 433 g/mol. The topological polar surface area (TPSA) is 63.6 Å². The number of hydrogen-bond donors (Lipinski definition) is 1. The van der Waals surface area contributed by atoms with Crippen molar-refractivity contribution in [2.75, 3.05) is 12.4 Å². The number of aromatic nitrogens is 1. The van der Waals surface area contributed by atoms with E-state index in [0.29, 0.717) is 33.0 Å². The Balaban J connectivity index is 2.15. The van der Waals surface area contributed by atoms with Crippen LogP contribution in [0.2, 0.25) is 5.02 Å². The largest absolute Gasteiger partial charge is 0.466 e. The molecule has 0 saturated heterocycles. The van der Waals surface area contributed by atoms with Crippen LogP contribution in [0.25, 0.3) is 0 Å². The lowest BCUT2D eigenvalue weighted by molar-refractivity contribution is -0.136. The van der Waals surface area contributed by atoms with E-state index in [2.05, 4.69) is 31.2 Å². The molecule has 0 aliphatic carbocycles. The van der Waals surface area contributed by atoms with Crippen LogP contribution in [-0.4, -0.2) is 29.2 Å². The van der Waals surface area contributed by atoms with Crippen LogP contribution >= 0.6 is 38.9 Å². The highest BCUT2D eigenvalue weighted by Gasteiger charge is 2.32. The molecule has 2 aromatic rings. The molecule has 0 unspecified atom stereocenters. The summed E-state index contributed by atoms with van der Waals surface area (Å²) in [7, 11) is 1.29. The smallest absolute Gasteiger partial charge is 0.338 e. The maximum Gasteiger partial charge on any atom is 0.338 e. The van der Waals surface area contributed by atoms with E-state index in [-0.39, 0.29) is 5.02 Å². The zero-order chi connectivity index (χ0) is 18.0. The summed E-state index contributed by atoms with van der Waals surface area (Å²) in [6.45, 7) is 0. The molecule has 1 aliphatic heterocycles. The predicted molar refractivity (Wildman–Crippen MR) is 98.8 cm³/mol. The summed E-state index contributed by atoms with van der Waals surface area (Å²) in [6, 6.07) is 3.62. The maximum absolute atomic E-state index is 13.9. The number of amidine groups is 1. The summed E-state index contributed by atoms with van der Waals surface area (Å²) >= 11 is 10.5. The zero-order valence-electron chi connectivity index (χ0n) is 12.9. The number of hydrogen-bond acceptors (Lipinski definition) is 6. The number of nitrogens with one attached hydrogen (secondary N) is 1. The van der Waals surface area contributed by atoms with Crippen molar-refractivity contribution in [3.63, 3.8) is 0 Å². The second-order valence-electron chi connectivity index (χ2n) is 5.03. The summed E-state index contributed by atoms with van der Waals surface area (Å²) in [6.07, 6.45) is 1.66. The number of thiazole rings is 1. The van der Waals surface area contributed by atoms with Gasteiger partial charge in [-0.1, -0.05) is 33.6 Å². The van der Waals surface area contributed by atoms with Crippen LogP contribution in [0.4, 0.5) is 4.39 Å². The van der Waals surface area contributed by atoms with E-state index in [0.717, 1.165) is 0 Å². The second kappa shape index (κ2) is 7.63. The fourth-order valence-corrected chi connectivity index (χ4v) is 3.57. The lowest BCUT2D eigenvalue weighted by Gasteiger charge is -2.26. The highest BCUT2D eigenvalue weighted by atomic mass is 79.9. The number of halogens is 3. The van der Waals surface area contributed by atoms with Gasteiger partial charge in [-0.15, -0.1) is 11.3 Å². The molecule has 1 aromatic heterocycles. The number of rotatable bonds is 4. The van der Waals surface area contributed by atoms with Gasteiger partial charge in [0.15, 0.2) is 10.8 Å². The van der Waals surface area contributed by atoms with Gasteiger partial charge in [-0.25, -0.2) is 14.2 Å². The molecule has 1 aromatic carbocycles. The minimum atomic E-state index is -0.730. The molecule has 3 rings (SSSR count). The molecule has 0 fully saturated rings. The zero-order valence-corrected chi connectivity index (χ0v) is 16.1. The third-order valence-electron chi connectivity index (χ3n) is 3.56. The molecule has 0 spiro atoms. The Labute approximate surface area is 160 Å². The van der Waals surface area contributed by atoms with Gasteiger partial charge in [0.25, 0.3) is 0 Å². The van der Waals surface area contributed by atoms with E-state index < -0.39 is 17.8 Å². The number of carbonyl (C=O) groups excluding carboxylic acids is 1. The van der Waals surface area contributed by atoms with Crippen LogP contribution in [0.1, 0.15) is 16.6 Å². The van der Waals surface area contributed by atoms with Crippen molar-refractivity contribution in [1.29, 1.82) is 0 Å². The van der Waals surface area contributed by atoms with Gasteiger partial charge >= 0.3 is 5.97 Å². The van der Waals surface area contributed by atoms with E-state index in [4.69, 9.17) is 16.3 Å². The van der Waals surface area contributed by atoms with Crippen LogP contribution in [0, 0.1) is 5.82 Å². The van der Waals surface area contributed by atoms with Crippen LogP contribution in [0.15, 0.2) is 46.0 Å². The minimum absolute atomic E-state index is 0.00567. The molecule has 0 saturated carbocycles. The van der Waals surface area contributed by atoms with Gasteiger partial charge in [0, 0.05) is 22.6 Å². The first-order valence-corrected chi connectivity index (χ1v) is 9.50. The molecule has 0 amide bonds. The lowest BCUT2D eigenvalue weighted by atomic mass is 9.96. The van der Waals surface area contributed by atoms with E-state index in [9.17, 15) is 9.18 Å². The van der Waals surface area contributed by atoms with Crippen molar-refractivity contribution < 1.29 is 13.9 Å². The fourth-order valence-electron chi connectivity index (χ4n) is 2.42. The minimum Gasteiger partial charge on any atom is -0.466 e. The molecule has 0 bridgehead atoms. The Morgan fingerprint density at radius 1 is 1.52 bits per heavy atom. The van der Waals surface area contributed by atoms with E-state index in [1.54, 1.807) is 12.3 Å². The van der Waals surface area contributed by atoms with E-state index >= 15 is 0 Å². The highest BCUT2D eigenvalue weighted by molar-refractivity contribution is 9.09. The molecule has 2 heterocycles. The standard InChI is InChI=1S/C16H12BrClFN3O2S/c1-24-16(23)12-11(7-17)21-14(15-20-4-5-25-15)22-13(12)8-2-3-9(18)10(19)6-8/h2-6,13H,7H2,1H3,(H,21,22)/t13-/m0/s1. The molecule has 1 aliphatic rings. The Morgan fingerprint density at radius 2 is 2.32 bits per heavy atom. The number of allylic oxidation sites excluding steroid dienone is 1. The summed E-state index contributed by atoms with van der Waals surface area (Å²) in [5.41, 5.74) is 1.39. The van der Waals surface area contributed by atoms with Gasteiger partial charge < -0.3 is 10.1 Å². The Kier molecular flexibility index (Phi) is 5.51. The number of aliphatic imine (C=N–C) groups is 1. The molecular formula is C16H12BrClFN3O2S. The number of nitrogens with zero attached hydrogens (tertiary/aromatic N) is 2. The number of esters is 1. The maximum atomic E-state index is 13.9. The first kappa shape index (κ1) is 18.0. The molecule has 25 heavy (non-hydrogen) atoms. The first-order valence-electron chi connectivity index (χ1n) is 7.12. The number of alkyl halides is 1. The Bertz CT molecular complexity index is 870. The van der Waals surface area contributed by atoms with Gasteiger partial charge in [0.2, 0.25) is 0 Å². The highest BCUT2D eigenvalue weighted by Crippen LogP contribution is 2.34. The normalized spacial score (nSPS) is 17.1. The van der Waals surface area contributed by atoms with Gasteiger partial charge in [0.05, 0.1) is 17.7 Å². The van der Waals surface area contributed by atoms with Crippen LogP contribution in [-0.2, 0) is 9.53 Å². The summed E-state index contributed by atoms with van der Waals surface area (Å²) in [5, 5.41) is 5.97. The van der Waals surface area contributed by atoms with Gasteiger partial charge in [-0.2, -0.15) is 0 Å². The number of methoxy groups -OCH3 is 1. The molecule has 5 nitrogen and oxygen atoms in total. The third kappa shape index (κ3) is 3.61. The van der Waals surface area contributed by atoms with Gasteiger partial charge in [0.1, 0.15) is 11.9 Å². The van der Waals surface area contributed by atoms with E-state index in [1.807, 2.05) is 5.38 Å². The molecule has 1 atom stereocenters. The summed E-state index contributed by atoms with van der Waals surface area (Å²) in [4.78, 5) is 21.1. The molecule has 1 N–H and O–H groups in total. The third-order valence-corrected chi connectivity index (χ3v) is 5.21. The quantitative estimate of drug-likeness (QED) is 0.575. The van der Waals surface area contributed by atoms with Gasteiger partial charge in [-0.05, 0) is 17.7 Å². The van der Waals surface area contributed by atoms with Gasteiger partial charge in [-0.3, -0.25) is 4.99 Å². The summed E-state index contributed by atoms with van der Waals surface area (Å²) in [5.74, 6) is -0.602. The predicted octanol–water partition coefficient (Wildman–Crippen LogP) is 3.85. The van der Waals surface area contributed by atoms with Crippen LogP contribution in [0.3, 0.4) is 0 Å². The summed E-state index contributed by atoms with van der Waals surface area (Å²) < 4.78 is 18.8. The molecule has 0 radical (unpaired) electrons. The van der Waals surface area contributed by atoms with Crippen molar-refractivity contribution in [3.05, 3.63) is 62.5 Å². The average molecular weight is 445 g/mol. The number of benzene rings is 1. The van der Waals surface area contributed by atoms with Crippen LogP contribution < -0.4 is 5.32 Å². The van der Waals surface area contributed by atoms with Crippen molar-refractivity contribution >= 4 is 50.7 Å². The fraction of sp³-hybridized carbons (Fsp3) is 0.188. The monoisotopic (exact) mass is 443 g/mol. The molecule has 9 heteroatoms. The van der Waals surface area contributed by atoms with Crippen LogP contribution in [0.5, 0.6) is 0 Å². The number of carbonyl (C=O) groups is 1. The Morgan fingerprint density at radius 3 is 2.92 bits per heavy atom. The average Bonchev–Trinajstić information content (AvgIpc) is 3.17. The van der Waals surface area contributed by atoms with E-state index in [1.165, 1.54) is 30.6 Å². The molecule has 130 valence electrons. The lowest BCUT2D eigenvalue weighted by Crippen LogP contribution is -2.34. The van der Waals surface area contributed by atoms with Crippen molar-refractivity contribution in [2.45, 2.75) is 6.04 Å².